The third-order valence-corrected chi connectivity index (χ3v) is 5.81. The summed E-state index contributed by atoms with van der Waals surface area (Å²) < 4.78 is 0. The molecule has 1 aromatic rings. The van der Waals surface area contributed by atoms with Crippen molar-refractivity contribution in [1.82, 2.24) is 0 Å². The molecule has 0 aromatic heterocycles. The quantitative estimate of drug-likeness (QED) is 0.698. The summed E-state index contributed by atoms with van der Waals surface area (Å²) in [7, 11) is 0. The van der Waals surface area contributed by atoms with Crippen molar-refractivity contribution in [1.29, 1.82) is 0 Å². The average Bonchev–Trinajstić information content (AvgIpc) is 2.48. The zero-order valence-corrected chi connectivity index (χ0v) is 13.3. The summed E-state index contributed by atoms with van der Waals surface area (Å²) >= 11 is 0. The summed E-state index contributed by atoms with van der Waals surface area (Å²) in [6.07, 6.45) is 2.99. The van der Waals surface area contributed by atoms with E-state index in [0.29, 0.717) is 24.5 Å². The van der Waals surface area contributed by atoms with Gasteiger partial charge >= 0.3 is 0 Å². The Balaban J connectivity index is 2.07. The number of rotatable bonds is 1. The van der Waals surface area contributed by atoms with Gasteiger partial charge in [-0.2, -0.15) is 0 Å². The van der Waals surface area contributed by atoms with Gasteiger partial charge in [-0.25, -0.2) is 0 Å². The van der Waals surface area contributed by atoms with Crippen LogP contribution in [0.2, 0.25) is 0 Å². The van der Waals surface area contributed by atoms with Gasteiger partial charge in [-0.1, -0.05) is 18.9 Å². The molecule has 2 aliphatic rings. The Kier molecular flexibility index (Phi) is 3.71. The molecule has 4 atom stereocenters. The average molecular weight is 300 g/mol. The van der Waals surface area contributed by atoms with Crippen molar-refractivity contribution < 1.29 is 15.3 Å². The van der Waals surface area contributed by atoms with Crippen molar-refractivity contribution >= 4 is 0 Å². The summed E-state index contributed by atoms with van der Waals surface area (Å²) in [6, 6.07) is 5.59. The van der Waals surface area contributed by atoms with Gasteiger partial charge in [0.25, 0.3) is 0 Å². The van der Waals surface area contributed by atoms with E-state index < -0.39 is 11.7 Å². The van der Waals surface area contributed by atoms with Crippen molar-refractivity contribution in [2.75, 3.05) is 0 Å². The highest BCUT2D eigenvalue weighted by Crippen LogP contribution is 2.54. The van der Waals surface area contributed by atoms with Crippen LogP contribution in [0.5, 0.6) is 5.75 Å². The van der Waals surface area contributed by atoms with Crippen LogP contribution in [0.4, 0.5) is 0 Å². The third kappa shape index (κ3) is 2.14. The number of aliphatic hydroxyl groups is 2. The minimum absolute atomic E-state index is 0.123. The second-order valence-corrected chi connectivity index (χ2v) is 6.81. The summed E-state index contributed by atoms with van der Waals surface area (Å²) in [5, 5.41) is 31.0. The smallest absolute Gasteiger partial charge is 0.151 e. The van der Waals surface area contributed by atoms with E-state index in [1.165, 1.54) is 11.1 Å². The van der Waals surface area contributed by atoms with Crippen LogP contribution in [0.25, 0.3) is 0 Å². The Morgan fingerprint density at radius 2 is 2.09 bits per heavy atom. The molecule has 22 heavy (non-hydrogen) atoms. The van der Waals surface area contributed by atoms with Crippen LogP contribution in [-0.2, 0) is 11.8 Å². The molecular formula is C19H24O3. The molecule has 3 N–H and O–H groups in total. The highest BCUT2D eigenvalue weighted by atomic mass is 16.3. The van der Waals surface area contributed by atoms with Crippen molar-refractivity contribution in [3.63, 3.8) is 0 Å². The van der Waals surface area contributed by atoms with Crippen molar-refractivity contribution in [3.8, 4) is 17.6 Å². The number of benzene rings is 1. The maximum absolute atomic E-state index is 10.7. The van der Waals surface area contributed by atoms with E-state index in [2.05, 4.69) is 18.8 Å². The topological polar surface area (TPSA) is 60.7 Å². The summed E-state index contributed by atoms with van der Waals surface area (Å²) in [6.45, 7) is 3.85. The molecular weight excluding hydrogens is 276 g/mol. The minimum atomic E-state index is -1.29. The van der Waals surface area contributed by atoms with Gasteiger partial charge in [0.05, 0.1) is 6.10 Å². The molecule has 0 amide bonds. The molecule has 3 heteroatoms. The molecule has 0 saturated heterocycles. The Morgan fingerprint density at radius 1 is 1.32 bits per heavy atom. The van der Waals surface area contributed by atoms with Crippen molar-refractivity contribution in [2.45, 2.75) is 63.1 Å². The fourth-order valence-corrected chi connectivity index (χ4v) is 4.67. The number of hydrogen-bond acceptors (Lipinski definition) is 3. The molecule has 0 radical (unpaired) electrons. The van der Waals surface area contributed by atoms with Crippen LogP contribution >= 0.6 is 0 Å². The number of fused-ring (bicyclic) bond motifs is 3. The Hall–Kier alpha value is -1.50. The number of phenolic OH excluding ortho intramolecular Hbond substituents is 1. The summed E-state index contributed by atoms with van der Waals surface area (Å²) in [5.74, 6) is 6.21. The van der Waals surface area contributed by atoms with Gasteiger partial charge in [0.1, 0.15) is 5.75 Å². The molecule has 0 aliphatic heterocycles. The second-order valence-electron chi connectivity index (χ2n) is 6.81. The number of hydrogen-bond donors (Lipinski definition) is 3. The maximum atomic E-state index is 10.7. The number of aliphatic hydroxyl groups excluding tert-OH is 1. The van der Waals surface area contributed by atoms with Gasteiger partial charge in [0.2, 0.25) is 0 Å². The molecule has 0 heterocycles. The molecule has 4 unspecified atom stereocenters. The summed E-state index contributed by atoms with van der Waals surface area (Å²) in [4.78, 5) is 0. The highest BCUT2D eigenvalue weighted by Gasteiger charge is 2.54. The molecule has 3 rings (SSSR count). The molecule has 1 aromatic carbocycles. The maximum Gasteiger partial charge on any atom is 0.151 e. The van der Waals surface area contributed by atoms with E-state index in [9.17, 15) is 15.3 Å². The Labute approximate surface area is 132 Å². The Morgan fingerprint density at radius 3 is 2.77 bits per heavy atom. The normalized spacial score (nSPS) is 36.7. The van der Waals surface area contributed by atoms with E-state index in [-0.39, 0.29) is 5.41 Å². The van der Waals surface area contributed by atoms with E-state index >= 15 is 0 Å². The third-order valence-electron chi connectivity index (χ3n) is 5.81. The number of aryl methyl sites for hydroxylation is 1. The first kappa shape index (κ1) is 15.4. The number of aromatic hydroxyl groups is 1. The van der Waals surface area contributed by atoms with Gasteiger partial charge < -0.3 is 15.3 Å². The van der Waals surface area contributed by atoms with Crippen LogP contribution in [0.1, 0.15) is 50.7 Å². The minimum Gasteiger partial charge on any atom is -0.508 e. The van der Waals surface area contributed by atoms with E-state index in [1.54, 1.807) is 13.0 Å². The van der Waals surface area contributed by atoms with Crippen LogP contribution < -0.4 is 0 Å². The second kappa shape index (κ2) is 5.30. The van der Waals surface area contributed by atoms with E-state index in [4.69, 9.17) is 0 Å². The van der Waals surface area contributed by atoms with E-state index in [0.717, 1.165) is 19.3 Å². The van der Waals surface area contributed by atoms with Crippen LogP contribution in [-0.4, -0.2) is 27.0 Å². The van der Waals surface area contributed by atoms with Crippen LogP contribution in [0, 0.1) is 17.8 Å². The lowest BCUT2D eigenvalue weighted by Crippen LogP contribution is -2.57. The first-order valence-corrected chi connectivity index (χ1v) is 8.12. The van der Waals surface area contributed by atoms with Gasteiger partial charge in [0.15, 0.2) is 5.60 Å². The molecule has 3 nitrogen and oxygen atoms in total. The standard InChI is InChI=1S/C19H24O3/c1-3-9-19(22)11-14-6-5-13-10-15(20)7-8-16(13)18(14,4-2)12-17(19)21/h7-8,10,14,17,20-22H,4-6,11-12H2,1-2H3. The fraction of sp³-hybridized carbons (Fsp3) is 0.579. The van der Waals surface area contributed by atoms with Gasteiger partial charge in [-0.3, -0.25) is 0 Å². The van der Waals surface area contributed by atoms with Gasteiger partial charge in [-0.05, 0) is 68.2 Å². The molecule has 1 saturated carbocycles. The lowest BCUT2D eigenvalue weighted by Gasteiger charge is -2.53. The molecule has 118 valence electrons. The Bertz CT molecular complexity index is 642. The SMILES string of the molecule is CC#CC1(O)CC2CCc3cc(O)ccc3C2(CC)CC1O. The zero-order chi connectivity index (χ0) is 16.0. The fourth-order valence-electron chi connectivity index (χ4n) is 4.67. The van der Waals surface area contributed by atoms with Crippen LogP contribution in [0.15, 0.2) is 18.2 Å². The molecule has 0 bridgehead atoms. The summed E-state index contributed by atoms with van der Waals surface area (Å²) in [5.41, 5.74) is 1.00. The van der Waals surface area contributed by atoms with Crippen LogP contribution in [0.3, 0.4) is 0 Å². The molecule has 2 aliphatic carbocycles. The van der Waals surface area contributed by atoms with Gasteiger partial charge in [0, 0.05) is 5.41 Å². The van der Waals surface area contributed by atoms with Gasteiger partial charge in [-0.15, -0.1) is 5.92 Å². The predicted octanol–water partition coefficient (Wildman–Crippen LogP) is 2.51. The lowest BCUT2D eigenvalue weighted by atomic mass is 9.52. The zero-order valence-electron chi connectivity index (χ0n) is 13.3. The largest absolute Gasteiger partial charge is 0.508 e. The molecule has 0 spiro atoms. The van der Waals surface area contributed by atoms with E-state index in [1.807, 2.05) is 12.1 Å². The lowest BCUT2D eigenvalue weighted by molar-refractivity contribution is -0.106. The first-order valence-electron chi connectivity index (χ1n) is 8.12. The van der Waals surface area contributed by atoms with Crippen molar-refractivity contribution in [3.05, 3.63) is 29.3 Å². The van der Waals surface area contributed by atoms with Crippen molar-refractivity contribution in [2.24, 2.45) is 5.92 Å². The predicted molar refractivity (Wildman–Crippen MR) is 85.5 cm³/mol. The first-order chi connectivity index (χ1) is 10.4. The monoisotopic (exact) mass is 300 g/mol. The number of phenols is 1. The highest BCUT2D eigenvalue weighted by molar-refractivity contribution is 5.44. The molecule has 1 fully saturated rings.